The molecule has 0 radical (unpaired) electrons. The summed E-state index contributed by atoms with van der Waals surface area (Å²) in [7, 11) is 0. The monoisotopic (exact) mass is 384 g/mol. The third-order valence-corrected chi connectivity index (χ3v) is 4.63. The molecular weight excluding hydrogens is 363 g/mol. The molecule has 0 aliphatic carbocycles. The zero-order valence-electron chi connectivity index (χ0n) is 15.3. The number of fused-ring (bicyclic) bond motifs is 1. The van der Waals surface area contributed by atoms with Gasteiger partial charge in [0.25, 0.3) is 0 Å². The molecule has 0 atom stereocenters. The van der Waals surface area contributed by atoms with Crippen molar-refractivity contribution < 1.29 is 23.4 Å². The van der Waals surface area contributed by atoms with E-state index >= 15 is 0 Å². The third-order valence-electron chi connectivity index (χ3n) is 4.63. The maximum Gasteiger partial charge on any atom is 0.248 e. The molecule has 2 aliphatic rings. The smallest absolute Gasteiger partial charge is 0.248 e. The van der Waals surface area contributed by atoms with Gasteiger partial charge in [0, 0.05) is 41.7 Å². The Morgan fingerprint density at radius 2 is 1.89 bits per heavy atom. The number of benzene rings is 2. The van der Waals surface area contributed by atoms with Crippen LogP contribution in [0.4, 0.5) is 15.8 Å². The molecular formula is C21H21FN2O4. The van der Waals surface area contributed by atoms with E-state index in [0.29, 0.717) is 22.6 Å². The van der Waals surface area contributed by atoms with Crippen molar-refractivity contribution >= 4 is 23.4 Å². The molecule has 146 valence electrons. The molecule has 0 unspecified atom stereocenters. The molecule has 2 aromatic rings. The highest BCUT2D eigenvalue weighted by atomic mass is 19.1. The molecule has 7 heteroatoms. The van der Waals surface area contributed by atoms with Crippen LogP contribution >= 0.6 is 0 Å². The minimum Gasteiger partial charge on any atom is -0.467 e. The van der Waals surface area contributed by atoms with Crippen molar-refractivity contribution in [1.29, 1.82) is 0 Å². The van der Waals surface area contributed by atoms with Gasteiger partial charge in [-0.3, -0.25) is 4.79 Å². The van der Waals surface area contributed by atoms with E-state index in [1.807, 2.05) is 24.3 Å². The number of nitrogens with zero attached hydrogens (tertiary/aromatic N) is 1. The van der Waals surface area contributed by atoms with Gasteiger partial charge < -0.3 is 24.4 Å². The molecule has 2 aliphatic heterocycles. The van der Waals surface area contributed by atoms with Crippen LogP contribution < -0.4 is 15.0 Å². The van der Waals surface area contributed by atoms with Crippen LogP contribution in [0.3, 0.4) is 0 Å². The van der Waals surface area contributed by atoms with Crippen molar-refractivity contribution in [2.24, 2.45) is 0 Å². The molecule has 6 nitrogen and oxygen atoms in total. The molecule has 0 saturated carbocycles. The first-order chi connectivity index (χ1) is 13.7. The van der Waals surface area contributed by atoms with Gasteiger partial charge in [0.05, 0.1) is 19.8 Å². The number of carbonyl (C=O) groups excluding carboxylic acids is 1. The standard InChI is InChI=1S/C21H21FN2O4/c22-17-11-15(21-16(12-17)13-27-14-28-21)1-6-20(25)23-18-2-4-19(5-3-18)24-7-9-26-10-8-24/h1-6,11-12H,7-10,13-14H2,(H,23,25)/b6-1+. The quantitative estimate of drug-likeness (QED) is 0.821. The third kappa shape index (κ3) is 4.32. The van der Waals surface area contributed by atoms with Gasteiger partial charge in [-0.05, 0) is 42.5 Å². The fourth-order valence-corrected chi connectivity index (χ4v) is 3.26. The summed E-state index contributed by atoms with van der Waals surface area (Å²) in [4.78, 5) is 14.5. The molecule has 2 heterocycles. The summed E-state index contributed by atoms with van der Waals surface area (Å²) < 4.78 is 29.7. The number of hydrogen-bond donors (Lipinski definition) is 1. The maximum absolute atomic E-state index is 13.8. The molecule has 28 heavy (non-hydrogen) atoms. The van der Waals surface area contributed by atoms with Crippen LogP contribution in [0, 0.1) is 5.82 Å². The predicted molar refractivity (Wildman–Crippen MR) is 104 cm³/mol. The average Bonchev–Trinajstić information content (AvgIpc) is 2.73. The fourth-order valence-electron chi connectivity index (χ4n) is 3.26. The summed E-state index contributed by atoms with van der Waals surface area (Å²) >= 11 is 0. The van der Waals surface area contributed by atoms with Gasteiger partial charge in [0.2, 0.25) is 5.91 Å². The SMILES string of the molecule is O=C(/C=C/c1cc(F)cc2c1OCOC2)Nc1ccc(N2CCOCC2)cc1. The second-order valence-electron chi connectivity index (χ2n) is 6.56. The number of halogens is 1. The van der Waals surface area contributed by atoms with Gasteiger partial charge in [0.1, 0.15) is 11.6 Å². The van der Waals surface area contributed by atoms with E-state index in [1.165, 1.54) is 18.2 Å². The second-order valence-corrected chi connectivity index (χ2v) is 6.56. The first-order valence-corrected chi connectivity index (χ1v) is 9.14. The number of nitrogens with one attached hydrogen (secondary N) is 1. The highest BCUT2D eigenvalue weighted by molar-refractivity contribution is 6.02. The Hall–Kier alpha value is -2.90. The maximum atomic E-state index is 13.8. The lowest BCUT2D eigenvalue weighted by molar-refractivity contribution is -0.111. The highest BCUT2D eigenvalue weighted by Gasteiger charge is 2.16. The number of amides is 1. The van der Waals surface area contributed by atoms with Crippen LogP contribution in [-0.4, -0.2) is 39.0 Å². The zero-order valence-corrected chi connectivity index (χ0v) is 15.3. The zero-order chi connectivity index (χ0) is 19.3. The van der Waals surface area contributed by atoms with Gasteiger partial charge in [0.15, 0.2) is 6.79 Å². The lowest BCUT2D eigenvalue weighted by Gasteiger charge is -2.28. The second kappa shape index (κ2) is 8.41. The van der Waals surface area contributed by atoms with E-state index in [9.17, 15) is 9.18 Å². The Kier molecular flexibility index (Phi) is 5.55. The molecule has 0 aromatic heterocycles. The summed E-state index contributed by atoms with van der Waals surface area (Å²) in [5.74, 6) is -0.151. The number of anilines is 2. The number of hydrogen-bond acceptors (Lipinski definition) is 5. The Morgan fingerprint density at radius 3 is 2.68 bits per heavy atom. The average molecular weight is 384 g/mol. The molecule has 1 amide bonds. The summed E-state index contributed by atoms with van der Waals surface area (Å²) in [6.45, 7) is 3.57. The molecule has 0 bridgehead atoms. The van der Waals surface area contributed by atoms with Crippen molar-refractivity contribution in [3.8, 4) is 5.75 Å². The Bertz CT molecular complexity index is 877. The van der Waals surface area contributed by atoms with Crippen LogP contribution in [0.1, 0.15) is 11.1 Å². The topological polar surface area (TPSA) is 60.0 Å². The molecule has 1 N–H and O–H groups in total. The van der Waals surface area contributed by atoms with Crippen LogP contribution in [-0.2, 0) is 20.9 Å². The lowest BCUT2D eigenvalue weighted by Crippen LogP contribution is -2.36. The van der Waals surface area contributed by atoms with E-state index in [2.05, 4.69) is 10.2 Å². The van der Waals surface area contributed by atoms with Crippen LogP contribution in [0.15, 0.2) is 42.5 Å². The van der Waals surface area contributed by atoms with E-state index in [0.717, 1.165) is 32.0 Å². The largest absolute Gasteiger partial charge is 0.467 e. The van der Waals surface area contributed by atoms with Crippen LogP contribution in [0.2, 0.25) is 0 Å². The van der Waals surface area contributed by atoms with E-state index < -0.39 is 5.82 Å². The number of rotatable bonds is 4. The minimum atomic E-state index is -0.397. The number of ether oxygens (including phenoxy) is 3. The summed E-state index contributed by atoms with van der Waals surface area (Å²) in [5, 5.41) is 2.81. The predicted octanol–water partition coefficient (Wildman–Crippen LogP) is 3.18. The van der Waals surface area contributed by atoms with Crippen molar-refractivity contribution in [2.45, 2.75) is 6.61 Å². The summed E-state index contributed by atoms with van der Waals surface area (Å²) in [6, 6.07) is 10.4. The van der Waals surface area contributed by atoms with Gasteiger partial charge >= 0.3 is 0 Å². The molecule has 0 spiro atoms. The molecule has 1 saturated heterocycles. The van der Waals surface area contributed by atoms with Crippen LogP contribution in [0.5, 0.6) is 5.75 Å². The van der Waals surface area contributed by atoms with Gasteiger partial charge in [-0.1, -0.05) is 0 Å². The number of carbonyl (C=O) groups is 1. The Morgan fingerprint density at radius 1 is 1.11 bits per heavy atom. The Balaban J connectivity index is 1.41. The summed E-state index contributed by atoms with van der Waals surface area (Å²) in [6.07, 6.45) is 2.91. The lowest BCUT2D eigenvalue weighted by atomic mass is 10.1. The van der Waals surface area contributed by atoms with E-state index in [4.69, 9.17) is 14.2 Å². The van der Waals surface area contributed by atoms with E-state index in [1.54, 1.807) is 6.08 Å². The van der Waals surface area contributed by atoms with Crippen molar-refractivity contribution in [2.75, 3.05) is 43.3 Å². The summed E-state index contributed by atoms with van der Waals surface area (Å²) in [5.41, 5.74) is 2.93. The highest BCUT2D eigenvalue weighted by Crippen LogP contribution is 2.30. The molecule has 4 rings (SSSR count). The number of morpholine rings is 1. The first kappa shape index (κ1) is 18.5. The fraction of sp³-hybridized carbons (Fsp3) is 0.286. The van der Waals surface area contributed by atoms with E-state index in [-0.39, 0.29) is 19.3 Å². The van der Waals surface area contributed by atoms with Gasteiger partial charge in [-0.25, -0.2) is 4.39 Å². The van der Waals surface area contributed by atoms with Crippen molar-refractivity contribution in [3.63, 3.8) is 0 Å². The first-order valence-electron chi connectivity index (χ1n) is 9.14. The Labute approximate surface area is 162 Å². The van der Waals surface area contributed by atoms with Crippen molar-refractivity contribution in [1.82, 2.24) is 0 Å². The molecule has 2 aromatic carbocycles. The normalized spacial score (nSPS) is 16.5. The van der Waals surface area contributed by atoms with Crippen molar-refractivity contribution in [3.05, 3.63) is 59.4 Å². The van der Waals surface area contributed by atoms with Crippen LogP contribution in [0.25, 0.3) is 6.08 Å². The minimum absolute atomic E-state index is 0.112. The van der Waals surface area contributed by atoms with Gasteiger partial charge in [-0.15, -0.1) is 0 Å². The van der Waals surface area contributed by atoms with Gasteiger partial charge in [-0.2, -0.15) is 0 Å². The molecule has 1 fully saturated rings.